The molecule has 1 aromatic carbocycles. The first-order valence-corrected chi connectivity index (χ1v) is 11.8. The third-order valence-corrected chi connectivity index (χ3v) is 6.56. The van der Waals surface area contributed by atoms with Crippen LogP contribution in [0.3, 0.4) is 0 Å². The van der Waals surface area contributed by atoms with Gasteiger partial charge in [0.25, 0.3) is 5.91 Å². The van der Waals surface area contributed by atoms with Gasteiger partial charge in [0.05, 0.1) is 22.9 Å². The summed E-state index contributed by atoms with van der Waals surface area (Å²) < 4.78 is 10.3. The van der Waals surface area contributed by atoms with Crippen LogP contribution in [0.25, 0.3) is 0 Å². The van der Waals surface area contributed by atoms with E-state index in [2.05, 4.69) is 4.98 Å². The molecule has 2 aromatic rings. The van der Waals surface area contributed by atoms with E-state index < -0.39 is 5.97 Å². The lowest BCUT2D eigenvalue weighted by atomic mass is 10.2. The smallest absolute Gasteiger partial charge is 0.409 e. The number of piperazine rings is 1. The molecule has 2 amide bonds. The Bertz CT molecular complexity index is 925. The number of amides is 2. The topological polar surface area (TPSA) is 89.0 Å². The van der Waals surface area contributed by atoms with Crippen molar-refractivity contribution in [2.45, 2.75) is 24.5 Å². The first-order valence-electron chi connectivity index (χ1n) is 9.97. The maximum Gasteiger partial charge on any atom is 0.409 e. The molecule has 0 saturated carbocycles. The number of carbonyl (C=O) groups is 3. The number of ether oxygens (including phenoxy) is 2. The van der Waals surface area contributed by atoms with Crippen LogP contribution in [-0.2, 0) is 20.0 Å². The number of esters is 1. The lowest BCUT2D eigenvalue weighted by Crippen LogP contribution is -2.51. The van der Waals surface area contributed by atoms with Crippen molar-refractivity contribution in [2.24, 2.45) is 0 Å². The number of thioether (sulfide) groups is 1. The predicted octanol–water partition coefficient (Wildman–Crippen LogP) is 3.20. The van der Waals surface area contributed by atoms with Gasteiger partial charge < -0.3 is 19.3 Å². The van der Waals surface area contributed by atoms with E-state index in [0.29, 0.717) is 44.1 Å². The van der Waals surface area contributed by atoms with Gasteiger partial charge in [-0.2, -0.15) is 0 Å². The van der Waals surface area contributed by atoms with Gasteiger partial charge in [-0.25, -0.2) is 14.6 Å². The third-order valence-electron chi connectivity index (χ3n) is 4.63. The summed E-state index contributed by atoms with van der Waals surface area (Å²) in [6, 6.07) is 7.18. The molecule has 1 aromatic heterocycles. The molecule has 0 unspecified atom stereocenters. The standard InChI is InChI=1S/C21H25N3O5S2/c1-3-28-21(27)24-10-8-23(9-11-24)19(25)12-29-20(26)17-6-4-5-7-18(17)31-14-16-13-30-15(2)22-16/h4-7,13H,3,8-12,14H2,1-2H3. The summed E-state index contributed by atoms with van der Waals surface area (Å²) in [7, 11) is 0. The quantitative estimate of drug-likeness (QED) is 0.460. The van der Waals surface area contributed by atoms with Gasteiger partial charge in [0, 0.05) is 42.2 Å². The van der Waals surface area contributed by atoms with Gasteiger partial charge in [-0.3, -0.25) is 4.79 Å². The molecule has 166 valence electrons. The van der Waals surface area contributed by atoms with E-state index in [4.69, 9.17) is 9.47 Å². The van der Waals surface area contributed by atoms with E-state index in [-0.39, 0.29) is 18.6 Å². The Hall–Kier alpha value is -2.59. The van der Waals surface area contributed by atoms with Crippen LogP contribution < -0.4 is 0 Å². The SMILES string of the molecule is CCOC(=O)N1CCN(C(=O)COC(=O)c2ccccc2SCc2csc(C)n2)CC1. The van der Waals surface area contributed by atoms with Crippen molar-refractivity contribution in [3.05, 3.63) is 45.9 Å². The van der Waals surface area contributed by atoms with Crippen LogP contribution in [0.4, 0.5) is 4.79 Å². The van der Waals surface area contributed by atoms with Crippen molar-refractivity contribution in [3.8, 4) is 0 Å². The van der Waals surface area contributed by atoms with E-state index >= 15 is 0 Å². The number of hydrogen-bond acceptors (Lipinski definition) is 8. The molecule has 0 radical (unpaired) electrons. The number of aryl methyl sites for hydroxylation is 1. The number of thiazole rings is 1. The summed E-state index contributed by atoms with van der Waals surface area (Å²) in [5, 5.41) is 3.01. The van der Waals surface area contributed by atoms with Crippen LogP contribution in [0.2, 0.25) is 0 Å². The fourth-order valence-electron chi connectivity index (χ4n) is 3.04. The summed E-state index contributed by atoms with van der Waals surface area (Å²) in [5.74, 6) is -0.158. The van der Waals surface area contributed by atoms with Gasteiger partial charge in [-0.05, 0) is 26.0 Å². The highest BCUT2D eigenvalue weighted by atomic mass is 32.2. The first-order chi connectivity index (χ1) is 15.0. The van der Waals surface area contributed by atoms with E-state index in [1.807, 2.05) is 24.4 Å². The molecule has 31 heavy (non-hydrogen) atoms. The van der Waals surface area contributed by atoms with Gasteiger partial charge >= 0.3 is 12.1 Å². The number of benzene rings is 1. The molecular formula is C21H25N3O5S2. The highest BCUT2D eigenvalue weighted by Crippen LogP contribution is 2.27. The predicted molar refractivity (Wildman–Crippen MR) is 118 cm³/mol. The van der Waals surface area contributed by atoms with Crippen LogP contribution in [0, 0.1) is 6.92 Å². The number of aromatic nitrogens is 1. The maximum atomic E-state index is 12.6. The molecule has 0 N–H and O–H groups in total. The lowest BCUT2D eigenvalue weighted by Gasteiger charge is -2.33. The molecule has 0 aliphatic carbocycles. The summed E-state index contributed by atoms with van der Waals surface area (Å²) in [4.78, 5) is 45.2. The molecule has 1 aliphatic heterocycles. The number of nitrogens with zero attached hydrogens (tertiary/aromatic N) is 3. The van der Waals surface area contributed by atoms with Gasteiger partial charge in [0.2, 0.25) is 0 Å². The molecule has 8 nitrogen and oxygen atoms in total. The van der Waals surface area contributed by atoms with Gasteiger partial charge in [-0.1, -0.05) is 12.1 Å². The molecule has 0 spiro atoms. The summed E-state index contributed by atoms with van der Waals surface area (Å²) >= 11 is 3.10. The minimum Gasteiger partial charge on any atom is -0.452 e. The van der Waals surface area contributed by atoms with Crippen molar-refractivity contribution in [2.75, 3.05) is 39.4 Å². The van der Waals surface area contributed by atoms with E-state index in [0.717, 1.165) is 15.6 Å². The highest BCUT2D eigenvalue weighted by molar-refractivity contribution is 7.98. The minimum atomic E-state index is -0.531. The first kappa shape index (κ1) is 23.1. The maximum absolute atomic E-state index is 12.6. The molecular weight excluding hydrogens is 438 g/mol. The average Bonchev–Trinajstić information content (AvgIpc) is 3.21. The van der Waals surface area contributed by atoms with Crippen LogP contribution in [0.5, 0.6) is 0 Å². The second-order valence-corrected chi connectivity index (χ2v) is 8.86. The van der Waals surface area contributed by atoms with Crippen molar-refractivity contribution in [1.82, 2.24) is 14.8 Å². The minimum absolute atomic E-state index is 0.278. The van der Waals surface area contributed by atoms with Crippen molar-refractivity contribution in [3.63, 3.8) is 0 Å². The van der Waals surface area contributed by atoms with Crippen LogP contribution in [-0.4, -0.2) is 72.1 Å². The summed E-state index contributed by atoms with van der Waals surface area (Å²) in [5.41, 5.74) is 1.40. The number of hydrogen-bond donors (Lipinski definition) is 0. The van der Waals surface area contributed by atoms with E-state index in [1.165, 1.54) is 11.8 Å². The summed E-state index contributed by atoms with van der Waals surface area (Å²) in [6.07, 6.45) is -0.372. The molecule has 2 heterocycles. The Morgan fingerprint density at radius 1 is 1.10 bits per heavy atom. The van der Waals surface area contributed by atoms with Gasteiger partial charge in [0.15, 0.2) is 6.61 Å². The van der Waals surface area contributed by atoms with Crippen molar-refractivity contribution in [1.29, 1.82) is 0 Å². The fraction of sp³-hybridized carbons (Fsp3) is 0.429. The Balaban J connectivity index is 1.49. The molecule has 1 saturated heterocycles. The zero-order chi connectivity index (χ0) is 22.2. The van der Waals surface area contributed by atoms with E-state index in [9.17, 15) is 14.4 Å². The normalized spacial score (nSPS) is 13.7. The Morgan fingerprint density at radius 3 is 2.48 bits per heavy atom. The number of rotatable bonds is 7. The van der Waals surface area contributed by atoms with E-state index in [1.54, 1.807) is 40.2 Å². The second-order valence-electron chi connectivity index (χ2n) is 6.79. The third kappa shape index (κ3) is 6.44. The van der Waals surface area contributed by atoms with Gasteiger partial charge in [0.1, 0.15) is 0 Å². The fourth-order valence-corrected chi connectivity index (χ4v) is 4.69. The molecule has 1 aliphatic rings. The molecule has 1 fully saturated rings. The molecule has 0 atom stereocenters. The van der Waals surface area contributed by atoms with Crippen molar-refractivity contribution >= 4 is 41.1 Å². The monoisotopic (exact) mass is 463 g/mol. The second kappa shape index (κ2) is 11.1. The molecule has 3 rings (SSSR count). The van der Waals surface area contributed by atoms with Crippen LogP contribution in [0.1, 0.15) is 28.0 Å². The Labute approximate surface area is 189 Å². The number of carbonyl (C=O) groups excluding carboxylic acids is 3. The van der Waals surface area contributed by atoms with Crippen molar-refractivity contribution < 1.29 is 23.9 Å². The lowest BCUT2D eigenvalue weighted by molar-refractivity contribution is -0.136. The zero-order valence-electron chi connectivity index (χ0n) is 17.5. The Morgan fingerprint density at radius 2 is 1.81 bits per heavy atom. The Kier molecular flexibility index (Phi) is 8.30. The summed E-state index contributed by atoms with van der Waals surface area (Å²) in [6.45, 7) is 5.26. The zero-order valence-corrected chi connectivity index (χ0v) is 19.2. The highest BCUT2D eigenvalue weighted by Gasteiger charge is 2.25. The molecule has 0 bridgehead atoms. The molecule has 10 heteroatoms. The average molecular weight is 464 g/mol. The largest absolute Gasteiger partial charge is 0.452 e. The van der Waals surface area contributed by atoms with Crippen LogP contribution in [0.15, 0.2) is 34.5 Å². The van der Waals surface area contributed by atoms with Gasteiger partial charge in [-0.15, -0.1) is 23.1 Å². The van der Waals surface area contributed by atoms with Crippen LogP contribution >= 0.6 is 23.1 Å².